The average molecular weight is 670 g/mol. The van der Waals surface area contributed by atoms with Crippen molar-refractivity contribution >= 4 is 40.1 Å². The second kappa shape index (κ2) is 19.2. The zero-order valence-electron chi connectivity index (χ0n) is 28.8. The average Bonchev–Trinajstić information content (AvgIpc) is 3.04. The van der Waals surface area contributed by atoms with Crippen LogP contribution in [0.5, 0.6) is 0 Å². The number of benzene rings is 4. The Hall–Kier alpha value is -2.13. The molecule has 8 nitrogen and oxygen atoms in total. The predicted molar refractivity (Wildman–Crippen MR) is 190 cm³/mol. The summed E-state index contributed by atoms with van der Waals surface area (Å²) in [6.45, 7) is 2.32. The summed E-state index contributed by atoms with van der Waals surface area (Å²) >= 11 is 0. The van der Waals surface area contributed by atoms with Crippen LogP contribution in [0.4, 0.5) is 0 Å². The molecule has 0 bridgehead atoms. The van der Waals surface area contributed by atoms with Crippen molar-refractivity contribution in [1.29, 1.82) is 0 Å². The van der Waals surface area contributed by atoms with Crippen LogP contribution in [0.25, 0.3) is 32.3 Å². The van der Waals surface area contributed by atoms with Crippen LogP contribution in [-0.2, 0) is 29.5 Å². The minimum Gasteiger partial charge on any atom is -0.756 e. The number of ether oxygens (including phenoxy) is 2. The number of unbranched alkanes of at least 4 members (excludes halogenated alkanes) is 8. The molecule has 2 unspecified atom stereocenters. The van der Waals surface area contributed by atoms with Crippen molar-refractivity contribution in [1.82, 2.24) is 0 Å². The molecule has 2 atom stereocenters. The Kier molecular flexibility index (Phi) is 15.4. The molecule has 9 heteroatoms. The molecule has 0 amide bonds. The molecule has 1 N–H and O–H groups in total. The first kappa shape index (κ1) is 37.7. The highest BCUT2D eigenvalue weighted by Gasteiger charge is 2.19. The summed E-state index contributed by atoms with van der Waals surface area (Å²) in [6.07, 6.45) is 11.5. The number of phosphoric ester groups is 1. The molecule has 0 fully saturated rings. The van der Waals surface area contributed by atoms with Gasteiger partial charge in [0.15, 0.2) is 0 Å². The van der Waals surface area contributed by atoms with Crippen LogP contribution in [0, 0.1) is 0 Å². The van der Waals surface area contributed by atoms with E-state index in [2.05, 4.69) is 54.6 Å². The number of quaternary nitrogens is 1. The fraction of sp³-hybridized carbons (Fsp3) is 0.579. The summed E-state index contributed by atoms with van der Waals surface area (Å²) in [6, 6.07) is 20.2. The summed E-state index contributed by atoms with van der Waals surface area (Å²) in [4.78, 5) is 12.0. The van der Waals surface area contributed by atoms with Gasteiger partial charge in [0, 0.05) is 19.8 Å². The molecule has 0 aliphatic rings. The van der Waals surface area contributed by atoms with Gasteiger partial charge in [0.05, 0.1) is 34.4 Å². The Morgan fingerprint density at radius 3 is 1.89 bits per heavy atom. The lowest BCUT2D eigenvalue weighted by Gasteiger charge is -2.29. The number of aryl methyl sites for hydroxylation is 1. The predicted octanol–water partition coefficient (Wildman–Crippen LogP) is 7.63. The number of phosphoric acid groups is 1. The quantitative estimate of drug-likeness (QED) is 0.0336. The fourth-order valence-corrected chi connectivity index (χ4v) is 6.93. The molecule has 4 aromatic carbocycles. The van der Waals surface area contributed by atoms with Crippen LogP contribution in [0.15, 0.2) is 54.6 Å². The Labute approximate surface area is 281 Å². The third-order valence-electron chi connectivity index (χ3n) is 8.73. The highest BCUT2D eigenvalue weighted by molar-refractivity contribution is 7.45. The van der Waals surface area contributed by atoms with Crippen LogP contribution >= 0.6 is 7.82 Å². The summed E-state index contributed by atoms with van der Waals surface area (Å²) in [5, 5.41) is 17.6. The Bertz CT molecular complexity index is 1510. The van der Waals surface area contributed by atoms with E-state index in [9.17, 15) is 14.6 Å². The zero-order valence-corrected chi connectivity index (χ0v) is 29.7. The molecule has 0 heterocycles. The minimum absolute atomic E-state index is 0.0187. The lowest BCUT2D eigenvalue weighted by molar-refractivity contribution is -0.870. The lowest BCUT2D eigenvalue weighted by atomic mass is 9.91. The van der Waals surface area contributed by atoms with Gasteiger partial charge in [-0.1, -0.05) is 93.1 Å². The van der Waals surface area contributed by atoms with E-state index < -0.39 is 20.5 Å². The van der Waals surface area contributed by atoms with Gasteiger partial charge in [0.25, 0.3) is 7.82 Å². The van der Waals surface area contributed by atoms with Crippen LogP contribution in [0.1, 0.15) is 69.8 Å². The van der Waals surface area contributed by atoms with Gasteiger partial charge in [-0.2, -0.15) is 0 Å². The first-order valence-corrected chi connectivity index (χ1v) is 19.0. The van der Waals surface area contributed by atoms with Crippen molar-refractivity contribution in [2.75, 3.05) is 67.3 Å². The third kappa shape index (κ3) is 12.7. The van der Waals surface area contributed by atoms with Gasteiger partial charge in [-0.3, -0.25) is 4.57 Å². The SMILES string of the molecule is C[N+](C)(C)CCOP(=O)([O-])OC(CO)COCCCCCCCCCCOCCCCc1ccc2ccc3cccc4ccc1c2c34. The molecule has 4 rings (SSSR count). The molecule has 0 aliphatic carbocycles. The van der Waals surface area contributed by atoms with Gasteiger partial charge in [0.1, 0.15) is 19.3 Å². The Morgan fingerprint density at radius 1 is 0.702 bits per heavy atom. The van der Waals surface area contributed by atoms with E-state index >= 15 is 0 Å². The van der Waals surface area contributed by atoms with Gasteiger partial charge >= 0.3 is 0 Å². The van der Waals surface area contributed by atoms with Gasteiger partial charge in [0.2, 0.25) is 0 Å². The Balaban J connectivity index is 0.954. The highest BCUT2D eigenvalue weighted by Crippen LogP contribution is 2.40. The highest BCUT2D eigenvalue weighted by atomic mass is 31.2. The van der Waals surface area contributed by atoms with E-state index in [1.807, 2.05) is 21.1 Å². The topological polar surface area (TPSA) is 97.3 Å². The number of nitrogens with zero attached hydrogens (tertiary/aromatic N) is 1. The number of hydrogen-bond donors (Lipinski definition) is 1. The molecule has 0 saturated carbocycles. The smallest absolute Gasteiger partial charge is 0.268 e. The first-order chi connectivity index (χ1) is 22.7. The van der Waals surface area contributed by atoms with Crippen LogP contribution in [-0.4, -0.2) is 83.0 Å². The van der Waals surface area contributed by atoms with E-state index in [-0.39, 0.29) is 13.2 Å². The van der Waals surface area contributed by atoms with E-state index in [1.165, 1.54) is 63.6 Å². The van der Waals surface area contributed by atoms with Crippen molar-refractivity contribution in [2.24, 2.45) is 0 Å². The molecule has 0 aliphatic heterocycles. The minimum atomic E-state index is -4.48. The van der Waals surface area contributed by atoms with Crippen LogP contribution in [0.2, 0.25) is 0 Å². The van der Waals surface area contributed by atoms with E-state index in [0.717, 1.165) is 58.2 Å². The van der Waals surface area contributed by atoms with Crippen LogP contribution < -0.4 is 4.89 Å². The second-order valence-corrected chi connectivity index (χ2v) is 15.1. The van der Waals surface area contributed by atoms with Gasteiger partial charge < -0.3 is 33.0 Å². The number of rotatable bonds is 25. The van der Waals surface area contributed by atoms with Crippen LogP contribution in [0.3, 0.4) is 0 Å². The van der Waals surface area contributed by atoms with Gasteiger partial charge in [-0.25, -0.2) is 0 Å². The molecule has 0 radical (unpaired) electrons. The number of hydrogen-bond acceptors (Lipinski definition) is 7. The first-order valence-electron chi connectivity index (χ1n) is 17.5. The Morgan fingerprint density at radius 2 is 1.26 bits per heavy atom. The molecular weight excluding hydrogens is 613 g/mol. The second-order valence-electron chi connectivity index (χ2n) is 13.8. The molecule has 0 saturated heterocycles. The summed E-state index contributed by atoms with van der Waals surface area (Å²) in [7, 11) is 1.36. The number of aliphatic hydroxyl groups is 1. The fourth-order valence-electron chi connectivity index (χ4n) is 6.08. The van der Waals surface area contributed by atoms with Crippen molar-refractivity contribution in [3.8, 4) is 0 Å². The van der Waals surface area contributed by atoms with E-state index in [4.69, 9.17) is 18.5 Å². The molecule has 0 spiro atoms. The summed E-state index contributed by atoms with van der Waals surface area (Å²) in [5.74, 6) is 0. The lowest BCUT2D eigenvalue weighted by Crippen LogP contribution is -2.37. The molecule has 4 aromatic rings. The molecule has 47 heavy (non-hydrogen) atoms. The van der Waals surface area contributed by atoms with Crippen molar-refractivity contribution in [3.63, 3.8) is 0 Å². The standard InChI is InChI=1S/C38H56NO7P/c1-39(2,3)24-28-45-47(41,42)46-35(29-40)30-44-27-12-9-7-5-4-6-8-11-25-43-26-13-10-15-31-18-19-34-21-20-32-16-14-17-33-22-23-36(31)38(34)37(32)33/h14,16-23,35,40H,4-13,15,24-30H2,1-3H3. The van der Waals surface area contributed by atoms with E-state index in [0.29, 0.717) is 17.6 Å². The molecule has 0 aromatic heterocycles. The van der Waals surface area contributed by atoms with Crippen molar-refractivity contribution in [2.45, 2.75) is 76.7 Å². The largest absolute Gasteiger partial charge is 0.756 e. The maximum absolute atomic E-state index is 12.0. The van der Waals surface area contributed by atoms with Crippen molar-refractivity contribution < 1.29 is 37.6 Å². The maximum Gasteiger partial charge on any atom is 0.268 e. The summed E-state index contributed by atoms with van der Waals surface area (Å²) in [5.41, 5.74) is 1.44. The zero-order chi connectivity index (χ0) is 33.5. The molecule has 260 valence electrons. The molecular formula is C38H56NO7P. The van der Waals surface area contributed by atoms with Gasteiger partial charge in [-0.15, -0.1) is 0 Å². The number of likely N-dealkylation sites (N-methyl/N-ethyl adjacent to an activating group) is 1. The third-order valence-corrected chi connectivity index (χ3v) is 9.78. The van der Waals surface area contributed by atoms with Crippen molar-refractivity contribution in [3.05, 3.63) is 60.2 Å². The van der Waals surface area contributed by atoms with Gasteiger partial charge in [-0.05, 0) is 70.0 Å². The normalized spacial score (nSPS) is 14.4. The maximum atomic E-state index is 12.0. The summed E-state index contributed by atoms with van der Waals surface area (Å²) < 4.78 is 33.9. The van der Waals surface area contributed by atoms with E-state index in [1.54, 1.807) is 0 Å². The monoisotopic (exact) mass is 669 g/mol. The number of aliphatic hydroxyl groups excluding tert-OH is 1.